The number of nitriles is 1. The van der Waals surface area contributed by atoms with Crippen LogP contribution in [0.4, 0.5) is 10.2 Å². The lowest BCUT2D eigenvalue weighted by Gasteiger charge is -2.36. The topological polar surface area (TPSA) is 183 Å². The van der Waals surface area contributed by atoms with E-state index in [1.807, 2.05) is 6.07 Å². The molecule has 4 N–H and O–H groups in total. The Balaban J connectivity index is 1.38. The van der Waals surface area contributed by atoms with Gasteiger partial charge in [-0.25, -0.2) is 18.5 Å². The number of para-hydroxylation sites is 1. The summed E-state index contributed by atoms with van der Waals surface area (Å²) in [5, 5.41) is 28.2. The molecule has 2 fully saturated rings. The van der Waals surface area contributed by atoms with Crippen molar-refractivity contribution in [3.8, 4) is 11.8 Å². The second-order valence-electron chi connectivity index (χ2n) is 9.73. The molecule has 1 aliphatic carbocycles. The molecule has 3 aromatic rings. The van der Waals surface area contributed by atoms with Crippen LogP contribution < -0.4 is 15.3 Å². The Bertz CT molecular complexity index is 1530. The van der Waals surface area contributed by atoms with Gasteiger partial charge in [-0.05, 0) is 45.0 Å². The van der Waals surface area contributed by atoms with Crippen LogP contribution in [-0.4, -0.2) is 62.3 Å². The molecule has 7 unspecified atom stereocenters. The third kappa shape index (κ3) is 4.13. The summed E-state index contributed by atoms with van der Waals surface area (Å²) in [6, 6.07) is 11.8. The summed E-state index contributed by atoms with van der Waals surface area (Å²) in [4.78, 5) is 16.1. The van der Waals surface area contributed by atoms with E-state index in [-0.39, 0.29) is 23.9 Å². The Morgan fingerprint density at radius 3 is 2.73 bits per heavy atom. The van der Waals surface area contributed by atoms with Gasteiger partial charge in [0, 0.05) is 5.92 Å². The number of carbonyl (C=O) groups excluding carboxylic acids is 1. The highest BCUT2D eigenvalue weighted by Gasteiger charge is 2.88. The third-order valence-corrected chi connectivity index (χ3v) is 9.00. The lowest BCUT2D eigenvalue weighted by atomic mass is 9.79. The number of aliphatic hydroxyl groups is 1. The number of benzene rings is 1. The number of nitrogens with zero attached hydrogens (tertiary/aromatic N) is 4. The molecule has 0 bridgehead atoms. The number of hydrogen-bond donors (Lipinski definition) is 3. The van der Waals surface area contributed by atoms with Gasteiger partial charge in [-0.1, -0.05) is 18.2 Å². The van der Waals surface area contributed by atoms with E-state index in [4.69, 9.17) is 24.3 Å². The van der Waals surface area contributed by atoms with Crippen molar-refractivity contribution < 1.29 is 37.4 Å². The minimum atomic E-state index is -4.27. The van der Waals surface area contributed by atoms with E-state index < -0.39 is 55.3 Å². The number of fused-ring (bicyclic) bond motifs is 2. The van der Waals surface area contributed by atoms with Crippen molar-refractivity contribution in [1.29, 1.82) is 5.26 Å². The number of rotatable bonds is 10. The van der Waals surface area contributed by atoms with Gasteiger partial charge in [-0.2, -0.15) is 15.4 Å². The quantitative estimate of drug-likeness (QED) is 0.237. The Morgan fingerprint density at radius 1 is 1.38 bits per heavy atom. The maximum absolute atomic E-state index is 16.6. The molecule has 5 rings (SSSR count). The van der Waals surface area contributed by atoms with Crippen molar-refractivity contribution in [3.05, 3.63) is 54.5 Å². The van der Waals surface area contributed by atoms with Gasteiger partial charge < -0.3 is 24.8 Å². The van der Waals surface area contributed by atoms with Crippen LogP contribution in [0.3, 0.4) is 0 Å². The van der Waals surface area contributed by atoms with Crippen LogP contribution in [0.5, 0.6) is 5.75 Å². The molecule has 2 aromatic heterocycles. The summed E-state index contributed by atoms with van der Waals surface area (Å²) in [5.41, 5.74) is -0.872. The molecule has 0 radical (unpaired) electrons. The Hall–Kier alpha value is -3.60. The summed E-state index contributed by atoms with van der Waals surface area (Å²) in [6.45, 7) is 3.72. The second-order valence-corrected chi connectivity index (χ2v) is 11.4. The Labute approximate surface area is 228 Å². The van der Waals surface area contributed by atoms with Gasteiger partial charge in [0.05, 0.1) is 18.9 Å². The van der Waals surface area contributed by atoms with Gasteiger partial charge in [-0.15, -0.1) is 0 Å². The van der Waals surface area contributed by atoms with Crippen LogP contribution >= 0.6 is 7.75 Å². The molecular formula is C25H28FN6O7P. The molecule has 212 valence electrons. The van der Waals surface area contributed by atoms with Crippen LogP contribution in [0.15, 0.2) is 48.8 Å². The maximum atomic E-state index is 16.6. The number of carbonyl (C=O) groups is 1. The lowest BCUT2D eigenvalue weighted by Crippen LogP contribution is -2.53. The van der Waals surface area contributed by atoms with E-state index >= 15 is 4.39 Å². The van der Waals surface area contributed by atoms with Crippen molar-refractivity contribution in [3.63, 3.8) is 0 Å². The summed E-state index contributed by atoms with van der Waals surface area (Å²) in [6.07, 6.45) is -0.0400. The minimum Gasteiger partial charge on any atom is -0.465 e. The lowest BCUT2D eigenvalue weighted by molar-refractivity contribution is -0.144. The number of ether oxygens (including phenoxy) is 2. The van der Waals surface area contributed by atoms with E-state index in [9.17, 15) is 19.7 Å². The predicted octanol–water partition coefficient (Wildman–Crippen LogP) is 2.26. The molecule has 1 aromatic carbocycles. The fourth-order valence-electron chi connectivity index (χ4n) is 5.15. The Kier molecular flexibility index (Phi) is 6.84. The molecule has 13 nitrogen and oxygen atoms in total. The zero-order chi connectivity index (χ0) is 28.9. The van der Waals surface area contributed by atoms with Gasteiger partial charge in [-0.3, -0.25) is 9.32 Å². The number of nitrogens with two attached hydrogens (primary N) is 1. The molecule has 15 heteroatoms. The molecule has 1 saturated heterocycles. The standard InChI is InChI=1S/C25H28FN6O7P/c1-4-36-22(33)15(2)31-40(35,39-16-8-6-5-7-9-16)37-12-17-20-25(17,34)23(3,26)24(13-27,38-20)19-11-10-18-21(28)29-14-30-32(18)19/h5-11,14-15,17,20,34H,4,12H2,1-3H3,(H,31,35)(H2,28,29,30). The molecule has 1 aliphatic heterocycles. The van der Waals surface area contributed by atoms with Crippen molar-refractivity contribution in [2.24, 2.45) is 5.92 Å². The van der Waals surface area contributed by atoms with E-state index in [1.54, 1.807) is 25.1 Å². The SMILES string of the molecule is CCOC(=O)C(C)NP(=O)(OCC1C2OC(C#N)(c3ccc4c(N)ncnn34)C(C)(F)C12O)Oc1ccccc1. The minimum absolute atomic E-state index is 0.0207. The number of halogens is 1. The highest BCUT2D eigenvalue weighted by atomic mass is 31.2. The molecular weight excluding hydrogens is 546 g/mol. The molecule has 3 heterocycles. The monoisotopic (exact) mass is 574 g/mol. The third-order valence-electron chi connectivity index (χ3n) is 7.36. The van der Waals surface area contributed by atoms with Crippen molar-refractivity contribution in [1.82, 2.24) is 19.7 Å². The van der Waals surface area contributed by atoms with Gasteiger partial charge in [0.25, 0.3) is 0 Å². The number of nitrogens with one attached hydrogen (secondary N) is 1. The van der Waals surface area contributed by atoms with Gasteiger partial charge in [0.15, 0.2) is 11.5 Å². The highest BCUT2D eigenvalue weighted by molar-refractivity contribution is 7.52. The summed E-state index contributed by atoms with van der Waals surface area (Å²) < 4.78 is 53.7. The number of esters is 1. The first kappa shape index (κ1) is 27.9. The largest absolute Gasteiger partial charge is 0.465 e. The summed E-state index contributed by atoms with van der Waals surface area (Å²) in [5.74, 6) is -1.42. The van der Waals surface area contributed by atoms with Crippen LogP contribution in [0.25, 0.3) is 5.52 Å². The normalized spacial score (nSPS) is 31.1. The number of alkyl halides is 1. The Morgan fingerprint density at radius 2 is 2.10 bits per heavy atom. The molecule has 7 atom stereocenters. The van der Waals surface area contributed by atoms with E-state index in [0.29, 0.717) is 5.52 Å². The van der Waals surface area contributed by atoms with Crippen molar-refractivity contribution in [2.75, 3.05) is 18.9 Å². The first-order chi connectivity index (χ1) is 18.9. The van der Waals surface area contributed by atoms with Gasteiger partial charge >= 0.3 is 13.7 Å². The predicted molar refractivity (Wildman–Crippen MR) is 137 cm³/mol. The first-order valence-electron chi connectivity index (χ1n) is 12.5. The smallest absolute Gasteiger partial charge is 0.459 e. The fraction of sp³-hybridized carbons (Fsp3) is 0.440. The fourth-order valence-corrected chi connectivity index (χ4v) is 6.67. The zero-order valence-electron chi connectivity index (χ0n) is 21.9. The van der Waals surface area contributed by atoms with Gasteiger partial charge in [0.2, 0.25) is 5.60 Å². The molecule has 2 aliphatic rings. The maximum Gasteiger partial charge on any atom is 0.459 e. The second kappa shape index (κ2) is 9.79. The van der Waals surface area contributed by atoms with Crippen molar-refractivity contribution >= 4 is 25.1 Å². The zero-order valence-corrected chi connectivity index (χ0v) is 22.7. The average Bonchev–Trinajstić information content (AvgIpc) is 3.18. The van der Waals surface area contributed by atoms with Crippen LogP contribution in [0.1, 0.15) is 26.5 Å². The van der Waals surface area contributed by atoms with Crippen LogP contribution in [0.2, 0.25) is 0 Å². The van der Waals surface area contributed by atoms with Crippen molar-refractivity contribution in [2.45, 2.75) is 49.8 Å². The molecule has 0 spiro atoms. The number of hydrogen-bond acceptors (Lipinski definition) is 11. The van der Waals surface area contributed by atoms with Crippen LogP contribution in [0, 0.1) is 17.2 Å². The van der Waals surface area contributed by atoms with E-state index in [2.05, 4.69) is 15.2 Å². The van der Waals surface area contributed by atoms with E-state index in [1.165, 1.54) is 35.7 Å². The van der Waals surface area contributed by atoms with Gasteiger partial charge in [0.1, 0.15) is 41.4 Å². The number of nitrogen functional groups attached to an aromatic ring is 1. The average molecular weight is 575 g/mol. The number of anilines is 1. The van der Waals surface area contributed by atoms with E-state index in [0.717, 1.165) is 13.3 Å². The molecule has 1 saturated carbocycles. The highest BCUT2D eigenvalue weighted by Crippen LogP contribution is 2.69. The first-order valence-corrected chi connectivity index (χ1v) is 14.0. The molecule has 40 heavy (non-hydrogen) atoms. The molecule has 0 amide bonds. The number of aromatic nitrogens is 3. The van der Waals surface area contributed by atoms with Crippen LogP contribution in [-0.2, 0) is 29.0 Å². The summed E-state index contributed by atoms with van der Waals surface area (Å²) in [7, 11) is -4.27. The summed E-state index contributed by atoms with van der Waals surface area (Å²) >= 11 is 0.